The fraction of sp³-hybridized carbons (Fsp3) is 0.342. The second-order valence-electron chi connectivity index (χ2n) is 11.9. The molecule has 0 fully saturated rings. The first-order chi connectivity index (χ1) is 23.2. The van der Waals surface area contributed by atoms with E-state index in [0.717, 1.165) is 56.2 Å². The molecule has 4 N–H and O–H groups in total. The lowest BCUT2D eigenvalue weighted by molar-refractivity contribution is 0.174. The van der Waals surface area contributed by atoms with Crippen molar-refractivity contribution in [2.75, 3.05) is 30.2 Å². The third kappa shape index (κ3) is 12.3. The van der Waals surface area contributed by atoms with Crippen molar-refractivity contribution >= 4 is 21.8 Å². The first-order valence-corrected chi connectivity index (χ1v) is 18.3. The number of aliphatic hydroxyl groups is 1. The predicted molar refractivity (Wildman–Crippen MR) is 191 cm³/mol. The number of nitrogens with one attached hydrogen (secondary N) is 2. The number of amides is 1. The maximum absolute atomic E-state index is 13.1. The third-order valence-corrected chi connectivity index (χ3v) is 9.17. The molecule has 0 aliphatic rings. The average Bonchev–Trinajstić information content (AvgIpc) is 3.08. The van der Waals surface area contributed by atoms with Crippen molar-refractivity contribution in [2.24, 2.45) is 0 Å². The molecule has 1 amide bonds. The lowest BCUT2D eigenvalue weighted by atomic mass is 10.0. The van der Waals surface area contributed by atoms with Crippen molar-refractivity contribution in [1.82, 2.24) is 10.6 Å². The summed E-state index contributed by atoms with van der Waals surface area (Å²) in [5.74, 6) is 0.421. The largest absolute Gasteiger partial charge is 0.487 e. The van der Waals surface area contributed by atoms with Crippen LogP contribution < -0.4 is 19.7 Å². The minimum atomic E-state index is -3.69. The molecule has 9 nitrogen and oxygen atoms in total. The van der Waals surface area contributed by atoms with Crippen molar-refractivity contribution in [1.29, 1.82) is 0 Å². The number of nitrogens with zero attached hydrogens (tertiary/aromatic N) is 1. The number of carboxylic acid groups (broad SMARTS) is 1. The van der Waals surface area contributed by atoms with E-state index in [0.29, 0.717) is 30.1 Å². The molecule has 4 aromatic rings. The molecule has 0 aromatic heterocycles. The Morgan fingerprint density at radius 1 is 0.771 bits per heavy atom. The van der Waals surface area contributed by atoms with Crippen LogP contribution in [0.4, 0.5) is 10.5 Å². The predicted octanol–water partition coefficient (Wildman–Crippen LogP) is 6.47. The van der Waals surface area contributed by atoms with Crippen LogP contribution in [0, 0.1) is 0 Å². The molecule has 0 spiro atoms. The molecule has 1 unspecified atom stereocenters. The van der Waals surface area contributed by atoms with Crippen LogP contribution >= 0.6 is 0 Å². The molecule has 0 bridgehead atoms. The number of aryl methyl sites for hydroxylation is 2. The Balaban J connectivity index is 1.31. The quantitative estimate of drug-likeness (QED) is 0.0793. The lowest BCUT2D eigenvalue weighted by Gasteiger charge is -2.26. The minimum absolute atomic E-state index is 0.133. The maximum atomic E-state index is 13.1. The van der Waals surface area contributed by atoms with Gasteiger partial charge in [-0.1, -0.05) is 91.0 Å². The van der Waals surface area contributed by atoms with E-state index in [2.05, 4.69) is 34.9 Å². The highest BCUT2D eigenvalue weighted by Crippen LogP contribution is 2.35. The Hall–Kier alpha value is -4.38. The van der Waals surface area contributed by atoms with Crippen molar-refractivity contribution in [3.63, 3.8) is 0 Å². The number of anilines is 1. The fourth-order valence-corrected chi connectivity index (χ4v) is 6.27. The third-order valence-electron chi connectivity index (χ3n) is 8.04. The van der Waals surface area contributed by atoms with Gasteiger partial charge < -0.3 is 25.6 Å². The number of carbonyl (C=O) groups is 1. The van der Waals surface area contributed by atoms with Gasteiger partial charge in [-0.15, -0.1) is 0 Å². The van der Waals surface area contributed by atoms with Crippen molar-refractivity contribution < 1.29 is 28.2 Å². The Morgan fingerprint density at radius 2 is 1.35 bits per heavy atom. The number of benzene rings is 4. The zero-order valence-electron chi connectivity index (χ0n) is 27.6. The van der Waals surface area contributed by atoms with E-state index in [9.17, 15) is 18.3 Å². The van der Waals surface area contributed by atoms with Gasteiger partial charge in [-0.2, -0.15) is 0 Å². The molecule has 48 heavy (non-hydrogen) atoms. The van der Waals surface area contributed by atoms with E-state index in [1.807, 2.05) is 60.7 Å². The standard InChI is InChI=1S/C38H47N3O6S/c1-48(45,46)41(28-32-14-4-2-5-15-32)35-26-34(22-23-37(35)47-29-33-16-6-3-7-17-33)36(42)27-39-24-10-8-12-30-18-20-31(21-19-30)13-9-11-25-40-38(43)44/h2-7,14-23,26,36,39-40,42H,8-13,24-25,27-29H2,1H3,(H,43,44). The summed E-state index contributed by atoms with van der Waals surface area (Å²) in [7, 11) is -3.69. The number of ether oxygens (including phenoxy) is 1. The number of aliphatic hydroxyl groups excluding tert-OH is 1. The molecular weight excluding hydrogens is 627 g/mol. The van der Waals surface area contributed by atoms with Crippen molar-refractivity contribution in [2.45, 2.75) is 57.8 Å². The summed E-state index contributed by atoms with van der Waals surface area (Å²) in [4.78, 5) is 10.5. The van der Waals surface area contributed by atoms with Gasteiger partial charge in [-0.3, -0.25) is 4.31 Å². The van der Waals surface area contributed by atoms with Gasteiger partial charge in [0.25, 0.3) is 0 Å². The second-order valence-corrected chi connectivity index (χ2v) is 13.8. The summed E-state index contributed by atoms with van der Waals surface area (Å²) < 4.78 is 33.7. The molecule has 0 saturated carbocycles. The molecule has 4 aromatic carbocycles. The summed E-state index contributed by atoms with van der Waals surface area (Å²) >= 11 is 0. The highest BCUT2D eigenvalue weighted by Gasteiger charge is 2.24. The summed E-state index contributed by atoms with van der Waals surface area (Å²) in [6.45, 7) is 1.96. The van der Waals surface area contributed by atoms with Gasteiger partial charge in [-0.05, 0) is 85.0 Å². The second kappa shape index (κ2) is 18.8. The first kappa shape index (κ1) is 36.5. The maximum Gasteiger partial charge on any atom is 0.404 e. The molecule has 0 saturated heterocycles. The Bertz CT molecular complexity index is 1650. The topological polar surface area (TPSA) is 128 Å². The summed E-state index contributed by atoms with van der Waals surface area (Å²) in [5, 5.41) is 25.5. The Kier molecular flexibility index (Phi) is 14.3. The fourth-order valence-electron chi connectivity index (χ4n) is 5.38. The van der Waals surface area contributed by atoms with E-state index in [4.69, 9.17) is 9.84 Å². The Morgan fingerprint density at radius 3 is 1.94 bits per heavy atom. The number of sulfonamides is 1. The van der Waals surface area contributed by atoms with E-state index >= 15 is 0 Å². The summed E-state index contributed by atoms with van der Waals surface area (Å²) in [5.41, 5.74) is 5.31. The summed E-state index contributed by atoms with van der Waals surface area (Å²) in [6, 6.07) is 32.9. The van der Waals surface area contributed by atoms with Crippen LogP contribution in [0.2, 0.25) is 0 Å². The minimum Gasteiger partial charge on any atom is -0.487 e. The van der Waals surface area contributed by atoms with Crippen LogP contribution in [0.5, 0.6) is 5.75 Å². The number of hydrogen-bond acceptors (Lipinski definition) is 6. The van der Waals surface area contributed by atoms with E-state index in [1.54, 1.807) is 18.2 Å². The van der Waals surface area contributed by atoms with Crippen molar-refractivity contribution in [3.05, 3.63) is 131 Å². The van der Waals surface area contributed by atoms with Crippen LogP contribution in [-0.2, 0) is 36.0 Å². The zero-order valence-corrected chi connectivity index (χ0v) is 28.4. The molecule has 0 aliphatic carbocycles. The van der Waals surface area contributed by atoms with Crippen LogP contribution in [-0.4, -0.2) is 50.6 Å². The van der Waals surface area contributed by atoms with E-state index in [-0.39, 0.29) is 13.2 Å². The molecular formula is C38H47N3O6S. The van der Waals surface area contributed by atoms with Crippen LogP contribution in [0.3, 0.4) is 0 Å². The average molecular weight is 674 g/mol. The van der Waals surface area contributed by atoms with Gasteiger partial charge in [0, 0.05) is 13.1 Å². The molecule has 10 heteroatoms. The highest BCUT2D eigenvalue weighted by atomic mass is 32.2. The molecule has 0 heterocycles. The SMILES string of the molecule is CS(=O)(=O)N(Cc1ccccc1)c1cc(C(O)CNCCCCc2ccc(CCCCNC(=O)O)cc2)ccc1OCc1ccccc1. The normalized spacial score (nSPS) is 12.0. The van der Waals surface area contributed by atoms with Crippen LogP contribution in [0.25, 0.3) is 0 Å². The number of unbranched alkanes of at least 4 members (excludes halogenated alkanes) is 2. The highest BCUT2D eigenvalue weighted by molar-refractivity contribution is 7.92. The van der Waals surface area contributed by atoms with E-state index < -0.39 is 22.2 Å². The number of rotatable bonds is 20. The van der Waals surface area contributed by atoms with Crippen LogP contribution in [0.15, 0.2) is 103 Å². The molecule has 4 rings (SSSR count). The Labute approximate surface area is 284 Å². The van der Waals surface area contributed by atoms with Crippen molar-refractivity contribution in [3.8, 4) is 5.75 Å². The summed E-state index contributed by atoms with van der Waals surface area (Å²) in [6.07, 6.45) is 4.96. The molecule has 1 atom stereocenters. The van der Waals surface area contributed by atoms with Gasteiger partial charge in [0.05, 0.1) is 24.6 Å². The first-order valence-electron chi connectivity index (χ1n) is 16.4. The monoisotopic (exact) mass is 673 g/mol. The zero-order chi connectivity index (χ0) is 34.2. The van der Waals surface area contributed by atoms with Gasteiger partial charge in [0.1, 0.15) is 12.4 Å². The lowest BCUT2D eigenvalue weighted by Crippen LogP contribution is -2.30. The van der Waals surface area contributed by atoms with E-state index in [1.165, 1.54) is 21.7 Å². The molecule has 256 valence electrons. The smallest absolute Gasteiger partial charge is 0.404 e. The number of hydrogen-bond donors (Lipinski definition) is 4. The van der Waals surface area contributed by atoms with Gasteiger partial charge in [0.2, 0.25) is 10.0 Å². The molecule has 0 radical (unpaired) electrons. The van der Waals surface area contributed by atoms with Gasteiger partial charge in [-0.25, -0.2) is 13.2 Å². The van der Waals surface area contributed by atoms with Crippen LogP contribution in [0.1, 0.15) is 59.6 Å². The van der Waals surface area contributed by atoms with Gasteiger partial charge >= 0.3 is 6.09 Å². The van der Waals surface area contributed by atoms with Gasteiger partial charge in [0.15, 0.2) is 0 Å². The molecule has 0 aliphatic heterocycles.